The topological polar surface area (TPSA) is 67.4 Å². The van der Waals surface area contributed by atoms with Crippen LogP contribution in [0.2, 0.25) is 0 Å². The summed E-state index contributed by atoms with van der Waals surface area (Å²) >= 11 is 0. The van der Waals surface area contributed by atoms with E-state index in [1.807, 2.05) is 24.9 Å². The number of nitrogens with zero attached hydrogens (tertiary/aromatic N) is 4. The summed E-state index contributed by atoms with van der Waals surface area (Å²) in [5.74, 6) is 0.0955. The molecule has 2 rings (SSSR count). The van der Waals surface area contributed by atoms with Crippen LogP contribution in [0.1, 0.15) is 29.5 Å². The average Bonchev–Trinajstić information content (AvgIpc) is 2.86. The van der Waals surface area contributed by atoms with Crippen molar-refractivity contribution in [3.63, 3.8) is 0 Å². The van der Waals surface area contributed by atoms with Crippen molar-refractivity contribution in [2.45, 2.75) is 19.8 Å². The van der Waals surface area contributed by atoms with Crippen molar-refractivity contribution in [2.24, 2.45) is 12.8 Å². The van der Waals surface area contributed by atoms with Crippen LogP contribution in [0.15, 0.2) is 6.07 Å². The van der Waals surface area contributed by atoms with E-state index in [1.165, 1.54) is 0 Å². The van der Waals surface area contributed by atoms with Gasteiger partial charge in [-0.2, -0.15) is 5.10 Å². The first-order chi connectivity index (χ1) is 9.65. The molecule has 1 aromatic heterocycles. The van der Waals surface area contributed by atoms with E-state index in [4.69, 9.17) is 5.73 Å². The van der Waals surface area contributed by atoms with E-state index in [0.717, 1.165) is 57.8 Å². The van der Waals surface area contributed by atoms with Gasteiger partial charge in [0, 0.05) is 33.2 Å². The van der Waals surface area contributed by atoms with Crippen molar-refractivity contribution in [2.75, 3.05) is 39.3 Å². The third kappa shape index (κ3) is 3.37. The fraction of sp³-hybridized carbons (Fsp3) is 0.714. The van der Waals surface area contributed by atoms with Gasteiger partial charge in [0.15, 0.2) is 0 Å². The molecule has 0 aromatic carbocycles. The van der Waals surface area contributed by atoms with Crippen molar-refractivity contribution in [1.29, 1.82) is 0 Å². The van der Waals surface area contributed by atoms with E-state index in [1.54, 1.807) is 4.68 Å². The Hall–Kier alpha value is -1.40. The van der Waals surface area contributed by atoms with Crippen LogP contribution in [0.4, 0.5) is 0 Å². The molecule has 1 saturated heterocycles. The van der Waals surface area contributed by atoms with Gasteiger partial charge < -0.3 is 10.6 Å². The normalized spacial score (nSPS) is 16.6. The standard InChI is InChI=1S/C14H25N5O/c1-3-12-11-13(17(2)16-12)14(20)19-9-7-18(8-10-19)6-4-5-15/h11H,3-10,15H2,1-2H3. The molecule has 1 amide bonds. The Bertz CT molecular complexity index is 448. The summed E-state index contributed by atoms with van der Waals surface area (Å²) in [5, 5.41) is 4.35. The van der Waals surface area contributed by atoms with E-state index < -0.39 is 0 Å². The molecule has 2 N–H and O–H groups in total. The van der Waals surface area contributed by atoms with Crippen LogP contribution in [-0.4, -0.2) is 64.8 Å². The Morgan fingerprint density at radius 2 is 2.05 bits per heavy atom. The summed E-state index contributed by atoms with van der Waals surface area (Å²) in [6.45, 7) is 7.26. The zero-order chi connectivity index (χ0) is 14.5. The summed E-state index contributed by atoms with van der Waals surface area (Å²) in [5.41, 5.74) is 7.19. The maximum Gasteiger partial charge on any atom is 0.272 e. The van der Waals surface area contributed by atoms with E-state index in [2.05, 4.69) is 10.00 Å². The molecule has 0 radical (unpaired) electrons. The number of hydrogen-bond donors (Lipinski definition) is 1. The van der Waals surface area contributed by atoms with Crippen LogP contribution in [0.3, 0.4) is 0 Å². The number of aromatic nitrogens is 2. The van der Waals surface area contributed by atoms with E-state index in [0.29, 0.717) is 5.69 Å². The van der Waals surface area contributed by atoms with Gasteiger partial charge in [-0.3, -0.25) is 14.4 Å². The van der Waals surface area contributed by atoms with Crippen molar-refractivity contribution >= 4 is 5.91 Å². The molecule has 6 heteroatoms. The van der Waals surface area contributed by atoms with Crippen molar-refractivity contribution in [3.05, 3.63) is 17.5 Å². The highest BCUT2D eigenvalue weighted by Gasteiger charge is 2.24. The molecule has 1 aliphatic heterocycles. The van der Waals surface area contributed by atoms with Crippen molar-refractivity contribution in [3.8, 4) is 0 Å². The summed E-state index contributed by atoms with van der Waals surface area (Å²) < 4.78 is 1.70. The lowest BCUT2D eigenvalue weighted by atomic mass is 10.2. The number of nitrogens with two attached hydrogens (primary N) is 1. The van der Waals surface area contributed by atoms with Crippen LogP contribution < -0.4 is 5.73 Å². The second kappa shape index (κ2) is 6.85. The Morgan fingerprint density at radius 1 is 1.35 bits per heavy atom. The molecule has 20 heavy (non-hydrogen) atoms. The minimum Gasteiger partial charge on any atom is -0.335 e. The molecule has 0 unspecified atom stereocenters. The molecule has 1 aromatic rings. The molecule has 6 nitrogen and oxygen atoms in total. The van der Waals surface area contributed by atoms with Gasteiger partial charge in [0.1, 0.15) is 5.69 Å². The van der Waals surface area contributed by atoms with Gasteiger partial charge in [-0.1, -0.05) is 6.92 Å². The second-order valence-electron chi connectivity index (χ2n) is 5.27. The van der Waals surface area contributed by atoms with Gasteiger partial charge in [-0.25, -0.2) is 0 Å². The molecule has 0 aliphatic carbocycles. The van der Waals surface area contributed by atoms with Crippen molar-refractivity contribution < 1.29 is 4.79 Å². The Kier molecular flexibility index (Phi) is 5.14. The first kappa shape index (κ1) is 15.0. The molecular formula is C14H25N5O. The first-order valence-electron chi connectivity index (χ1n) is 7.40. The van der Waals surface area contributed by atoms with Crippen LogP contribution in [0.5, 0.6) is 0 Å². The predicted octanol–water partition coefficient (Wildman–Crippen LogP) is 0.0891. The van der Waals surface area contributed by atoms with Gasteiger partial charge in [0.05, 0.1) is 5.69 Å². The molecule has 0 bridgehead atoms. The smallest absolute Gasteiger partial charge is 0.272 e. The SMILES string of the molecule is CCc1cc(C(=O)N2CCN(CCCN)CC2)n(C)n1. The van der Waals surface area contributed by atoms with E-state index in [-0.39, 0.29) is 5.91 Å². The highest BCUT2D eigenvalue weighted by molar-refractivity contribution is 5.92. The van der Waals surface area contributed by atoms with Crippen LogP contribution in [0, 0.1) is 0 Å². The summed E-state index contributed by atoms with van der Waals surface area (Å²) in [4.78, 5) is 16.8. The Labute approximate surface area is 120 Å². The number of carbonyl (C=O) groups excluding carboxylic acids is 1. The van der Waals surface area contributed by atoms with Crippen molar-refractivity contribution in [1.82, 2.24) is 19.6 Å². The fourth-order valence-corrected chi connectivity index (χ4v) is 2.55. The fourth-order valence-electron chi connectivity index (χ4n) is 2.55. The van der Waals surface area contributed by atoms with Crippen LogP contribution >= 0.6 is 0 Å². The number of rotatable bonds is 5. The summed E-state index contributed by atoms with van der Waals surface area (Å²) in [7, 11) is 1.84. The number of piperazine rings is 1. The molecule has 1 aliphatic rings. The number of carbonyl (C=O) groups is 1. The minimum atomic E-state index is 0.0955. The summed E-state index contributed by atoms with van der Waals surface area (Å²) in [6, 6.07) is 1.91. The molecule has 112 valence electrons. The van der Waals surface area contributed by atoms with Gasteiger partial charge in [-0.15, -0.1) is 0 Å². The van der Waals surface area contributed by atoms with Gasteiger partial charge in [0.25, 0.3) is 5.91 Å². The third-order valence-corrected chi connectivity index (χ3v) is 3.85. The Balaban J connectivity index is 1.92. The maximum absolute atomic E-state index is 12.5. The first-order valence-corrected chi connectivity index (χ1v) is 7.40. The Morgan fingerprint density at radius 3 is 2.60 bits per heavy atom. The van der Waals surface area contributed by atoms with E-state index in [9.17, 15) is 4.79 Å². The zero-order valence-corrected chi connectivity index (χ0v) is 12.5. The third-order valence-electron chi connectivity index (χ3n) is 3.85. The lowest BCUT2D eigenvalue weighted by Crippen LogP contribution is -2.49. The highest BCUT2D eigenvalue weighted by atomic mass is 16.2. The van der Waals surface area contributed by atoms with E-state index >= 15 is 0 Å². The predicted molar refractivity (Wildman–Crippen MR) is 78.6 cm³/mol. The number of aryl methyl sites for hydroxylation is 2. The lowest BCUT2D eigenvalue weighted by molar-refractivity contribution is 0.0626. The minimum absolute atomic E-state index is 0.0955. The quantitative estimate of drug-likeness (QED) is 0.829. The number of hydrogen-bond acceptors (Lipinski definition) is 4. The van der Waals surface area contributed by atoms with Gasteiger partial charge in [-0.05, 0) is 32.0 Å². The second-order valence-corrected chi connectivity index (χ2v) is 5.27. The summed E-state index contributed by atoms with van der Waals surface area (Å²) in [6.07, 6.45) is 1.88. The largest absolute Gasteiger partial charge is 0.335 e. The molecular weight excluding hydrogens is 254 g/mol. The van der Waals surface area contributed by atoms with Gasteiger partial charge in [0.2, 0.25) is 0 Å². The zero-order valence-electron chi connectivity index (χ0n) is 12.5. The number of amides is 1. The molecule has 0 atom stereocenters. The monoisotopic (exact) mass is 279 g/mol. The molecule has 2 heterocycles. The lowest BCUT2D eigenvalue weighted by Gasteiger charge is -2.34. The molecule has 0 spiro atoms. The van der Waals surface area contributed by atoms with Gasteiger partial charge >= 0.3 is 0 Å². The van der Waals surface area contributed by atoms with Crippen LogP contribution in [-0.2, 0) is 13.5 Å². The molecule has 0 saturated carbocycles. The maximum atomic E-state index is 12.5. The van der Waals surface area contributed by atoms with Crippen LogP contribution in [0.25, 0.3) is 0 Å². The average molecular weight is 279 g/mol. The molecule has 1 fully saturated rings. The highest BCUT2D eigenvalue weighted by Crippen LogP contribution is 2.10.